The first kappa shape index (κ1) is 14.8. The molecule has 2 heterocycles. The number of pyridine rings is 2. The van der Waals surface area contributed by atoms with E-state index in [1.165, 1.54) is 12.4 Å². The number of aromatic nitrogens is 2. The zero-order chi connectivity index (χ0) is 15.6. The highest BCUT2D eigenvalue weighted by molar-refractivity contribution is 5.82. The monoisotopic (exact) mass is 286 g/mol. The molecule has 0 aliphatic heterocycles. The summed E-state index contributed by atoms with van der Waals surface area (Å²) < 4.78 is 0. The lowest BCUT2D eigenvalue weighted by Crippen LogP contribution is -1.88. The molecule has 2 aromatic rings. The van der Waals surface area contributed by atoms with E-state index >= 15 is 0 Å². The summed E-state index contributed by atoms with van der Waals surface area (Å²) in [4.78, 5) is 15.8. The fourth-order valence-corrected chi connectivity index (χ4v) is 1.46. The van der Waals surface area contributed by atoms with Crippen LogP contribution in [0.5, 0.6) is 0 Å². The second kappa shape index (κ2) is 7.83. The van der Waals surface area contributed by atoms with Gasteiger partial charge in [-0.1, -0.05) is 0 Å². The molecule has 0 bridgehead atoms. The summed E-state index contributed by atoms with van der Waals surface area (Å²) in [5.74, 6) is 0. The van der Waals surface area contributed by atoms with Crippen LogP contribution >= 0.6 is 0 Å². The van der Waals surface area contributed by atoms with Gasteiger partial charge in [0.15, 0.2) is 11.4 Å². The second-order valence-electron chi connectivity index (χ2n) is 4.00. The van der Waals surface area contributed by atoms with Crippen molar-refractivity contribution < 1.29 is 0 Å². The van der Waals surface area contributed by atoms with E-state index in [2.05, 4.69) is 20.0 Å². The number of rotatable bonds is 4. The Balaban J connectivity index is 2.27. The van der Waals surface area contributed by atoms with Crippen LogP contribution in [0.1, 0.15) is 11.1 Å². The zero-order valence-corrected chi connectivity index (χ0v) is 11.5. The molecule has 0 saturated carbocycles. The van der Waals surface area contributed by atoms with Crippen molar-refractivity contribution in [3.8, 4) is 12.1 Å². The third kappa shape index (κ3) is 4.19. The normalized spacial score (nSPS) is 11.9. The summed E-state index contributed by atoms with van der Waals surface area (Å²) in [7, 11) is 0. The van der Waals surface area contributed by atoms with Gasteiger partial charge >= 0.3 is 0 Å². The number of nitrogens with zero attached hydrogens (tertiary/aromatic N) is 6. The van der Waals surface area contributed by atoms with E-state index in [1.807, 2.05) is 12.1 Å². The third-order valence-electron chi connectivity index (χ3n) is 2.53. The van der Waals surface area contributed by atoms with Crippen molar-refractivity contribution in [3.63, 3.8) is 0 Å². The van der Waals surface area contributed by atoms with Crippen molar-refractivity contribution >= 4 is 12.4 Å². The number of aliphatic imine (C=N–C) groups is 2. The fourth-order valence-electron chi connectivity index (χ4n) is 1.46. The van der Waals surface area contributed by atoms with Crippen LogP contribution in [0.25, 0.3) is 0 Å². The standard InChI is InChI=1S/C16H10N6/c17-9-15(21-11-13-1-5-19-6-2-13)16(10-18)22-12-14-3-7-20-8-4-14/h1-8,11-12H/b16-15+,21-11?,22-12?. The Labute approximate surface area is 127 Å². The van der Waals surface area contributed by atoms with Crippen LogP contribution in [-0.2, 0) is 0 Å². The van der Waals surface area contributed by atoms with Crippen LogP contribution in [0.15, 0.2) is 70.4 Å². The second-order valence-corrected chi connectivity index (χ2v) is 4.00. The van der Waals surface area contributed by atoms with Crippen molar-refractivity contribution in [3.05, 3.63) is 71.6 Å². The molecule has 0 aliphatic carbocycles. The van der Waals surface area contributed by atoms with Gasteiger partial charge in [-0.2, -0.15) is 10.5 Å². The van der Waals surface area contributed by atoms with Crippen LogP contribution in [0.3, 0.4) is 0 Å². The summed E-state index contributed by atoms with van der Waals surface area (Å²) in [5, 5.41) is 18.3. The van der Waals surface area contributed by atoms with Crippen molar-refractivity contribution in [1.82, 2.24) is 9.97 Å². The average molecular weight is 286 g/mol. The van der Waals surface area contributed by atoms with Gasteiger partial charge in [0.05, 0.1) is 0 Å². The fraction of sp³-hybridized carbons (Fsp3) is 0. The first-order valence-electron chi connectivity index (χ1n) is 6.26. The summed E-state index contributed by atoms with van der Waals surface area (Å²) in [6.07, 6.45) is 9.43. The molecule has 2 rings (SSSR count). The Morgan fingerprint density at radius 1 is 0.773 bits per heavy atom. The molecule has 0 N–H and O–H groups in total. The highest BCUT2D eigenvalue weighted by atomic mass is 14.8. The minimum Gasteiger partial charge on any atom is -0.265 e. The molecule has 0 radical (unpaired) electrons. The summed E-state index contributed by atoms with van der Waals surface area (Å²) in [6, 6.07) is 10.7. The van der Waals surface area contributed by atoms with Crippen LogP contribution < -0.4 is 0 Å². The van der Waals surface area contributed by atoms with E-state index in [0.29, 0.717) is 0 Å². The molecule has 104 valence electrons. The van der Waals surface area contributed by atoms with E-state index in [0.717, 1.165) is 11.1 Å². The molecular weight excluding hydrogens is 276 g/mol. The van der Waals surface area contributed by atoms with E-state index in [4.69, 9.17) is 10.5 Å². The average Bonchev–Trinajstić information content (AvgIpc) is 2.59. The Morgan fingerprint density at radius 3 is 1.45 bits per heavy atom. The molecule has 0 aromatic carbocycles. The number of nitriles is 2. The predicted octanol–water partition coefficient (Wildman–Crippen LogP) is 2.27. The van der Waals surface area contributed by atoms with Crippen LogP contribution in [0.2, 0.25) is 0 Å². The number of allylic oxidation sites excluding steroid dienone is 2. The lowest BCUT2D eigenvalue weighted by molar-refractivity contribution is 1.26. The van der Waals surface area contributed by atoms with Crippen molar-refractivity contribution in [2.45, 2.75) is 0 Å². The van der Waals surface area contributed by atoms with Gasteiger partial charge < -0.3 is 0 Å². The van der Waals surface area contributed by atoms with Crippen LogP contribution in [0, 0.1) is 22.7 Å². The Morgan fingerprint density at radius 2 is 1.14 bits per heavy atom. The smallest absolute Gasteiger partial charge is 0.176 e. The maximum atomic E-state index is 9.13. The first-order chi connectivity index (χ1) is 10.8. The maximum Gasteiger partial charge on any atom is 0.176 e. The molecule has 0 saturated heterocycles. The zero-order valence-electron chi connectivity index (χ0n) is 11.5. The Bertz CT molecular complexity index is 723. The minimum absolute atomic E-state index is 0.0513. The summed E-state index contributed by atoms with van der Waals surface area (Å²) in [5.41, 5.74) is 1.45. The Kier molecular flexibility index (Phi) is 5.25. The van der Waals surface area contributed by atoms with E-state index in [9.17, 15) is 0 Å². The molecule has 0 aliphatic rings. The molecule has 0 unspecified atom stereocenters. The molecule has 6 nitrogen and oxygen atoms in total. The number of hydrogen-bond donors (Lipinski definition) is 0. The lowest BCUT2D eigenvalue weighted by Gasteiger charge is -1.94. The third-order valence-corrected chi connectivity index (χ3v) is 2.53. The van der Waals surface area contributed by atoms with Crippen molar-refractivity contribution in [2.24, 2.45) is 9.98 Å². The largest absolute Gasteiger partial charge is 0.265 e. The van der Waals surface area contributed by atoms with Gasteiger partial charge in [0.1, 0.15) is 12.1 Å². The van der Waals surface area contributed by atoms with Gasteiger partial charge in [0.25, 0.3) is 0 Å². The molecule has 6 heteroatoms. The van der Waals surface area contributed by atoms with Crippen molar-refractivity contribution in [2.75, 3.05) is 0 Å². The van der Waals surface area contributed by atoms with Gasteiger partial charge in [-0.15, -0.1) is 0 Å². The van der Waals surface area contributed by atoms with Gasteiger partial charge in [-0.05, 0) is 35.4 Å². The van der Waals surface area contributed by atoms with E-state index in [-0.39, 0.29) is 11.4 Å². The topological polar surface area (TPSA) is 98.1 Å². The van der Waals surface area contributed by atoms with Crippen molar-refractivity contribution in [1.29, 1.82) is 10.5 Å². The first-order valence-corrected chi connectivity index (χ1v) is 6.26. The molecular formula is C16H10N6. The van der Waals surface area contributed by atoms with Gasteiger partial charge in [-0.25, -0.2) is 9.98 Å². The highest BCUT2D eigenvalue weighted by Gasteiger charge is 2.02. The van der Waals surface area contributed by atoms with Gasteiger partial charge in [0, 0.05) is 37.2 Å². The molecule has 0 amide bonds. The van der Waals surface area contributed by atoms with Gasteiger partial charge in [0.2, 0.25) is 0 Å². The maximum absolute atomic E-state index is 9.13. The lowest BCUT2D eigenvalue weighted by atomic mass is 10.3. The predicted molar refractivity (Wildman–Crippen MR) is 81.9 cm³/mol. The van der Waals surface area contributed by atoms with Crippen LogP contribution in [0.4, 0.5) is 0 Å². The summed E-state index contributed by atoms with van der Waals surface area (Å²) in [6.45, 7) is 0. The number of hydrogen-bond acceptors (Lipinski definition) is 6. The van der Waals surface area contributed by atoms with E-state index in [1.54, 1.807) is 49.1 Å². The molecule has 0 fully saturated rings. The SMILES string of the molecule is N#C/C(N=Cc1ccncc1)=C(/C#N)N=Cc1ccncc1. The molecule has 2 aromatic heterocycles. The molecule has 22 heavy (non-hydrogen) atoms. The van der Waals surface area contributed by atoms with Gasteiger partial charge in [-0.3, -0.25) is 9.97 Å². The highest BCUT2D eigenvalue weighted by Crippen LogP contribution is 2.07. The summed E-state index contributed by atoms with van der Waals surface area (Å²) >= 11 is 0. The Hall–Kier alpha value is -3.64. The quantitative estimate of drug-likeness (QED) is 0.635. The van der Waals surface area contributed by atoms with Crippen LogP contribution in [-0.4, -0.2) is 22.4 Å². The minimum atomic E-state index is -0.0513. The van der Waals surface area contributed by atoms with E-state index < -0.39 is 0 Å². The molecule has 0 spiro atoms. The molecule has 0 atom stereocenters.